The third-order valence-electron chi connectivity index (χ3n) is 5.93. The number of halogens is 1. The highest BCUT2D eigenvalue weighted by Crippen LogP contribution is 2.21. The van der Waals surface area contributed by atoms with Gasteiger partial charge in [-0.25, -0.2) is 12.8 Å². The fourth-order valence-corrected chi connectivity index (χ4v) is 5.01. The van der Waals surface area contributed by atoms with Gasteiger partial charge >= 0.3 is 0 Å². The molecule has 3 aromatic carbocycles. The highest BCUT2D eigenvalue weighted by atomic mass is 32.2. The molecule has 38 heavy (non-hydrogen) atoms. The Kier molecular flexibility index (Phi) is 9.63. The van der Waals surface area contributed by atoms with E-state index in [-0.39, 0.29) is 30.6 Å². The number of sulfonamides is 1. The van der Waals surface area contributed by atoms with E-state index in [9.17, 15) is 22.4 Å². The van der Waals surface area contributed by atoms with E-state index in [0.29, 0.717) is 0 Å². The molecule has 0 heterocycles. The predicted octanol–water partition coefficient (Wildman–Crippen LogP) is 4.06. The number of hydrogen-bond donors (Lipinski definition) is 1. The Labute approximate surface area is 224 Å². The van der Waals surface area contributed by atoms with Crippen molar-refractivity contribution in [1.82, 2.24) is 10.2 Å². The normalized spacial score (nSPS) is 12.2. The molecule has 0 spiro atoms. The van der Waals surface area contributed by atoms with Gasteiger partial charge in [0.15, 0.2) is 0 Å². The molecule has 1 N–H and O–H groups in total. The minimum Gasteiger partial charge on any atom is -0.352 e. The van der Waals surface area contributed by atoms with Crippen LogP contribution in [0.2, 0.25) is 0 Å². The molecule has 2 amide bonds. The van der Waals surface area contributed by atoms with Crippen molar-refractivity contribution in [3.05, 3.63) is 101 Å². The molecule has 0 unspecified atom stereocenters. The van der Waals surface area contributed by atoms with E-state index >= 15 is 0 Å². The minimum absolute atomic E-state index is 0.102. The molecule has 3 aromatic rings. The summed E-state index contributed by atoms with van der Waals surface area (Å²) in [6, 6.07) is 20.8. The standard InChI is InChI=1S/C29H34FN3O4S/c1-21(2)31-29(35)27(18-23-10-6-5-7-11-23)32(19-24-12-8-9-22(3)17-24)28(34)20-33(38(4,36)37)26-15-13-25(30)14-16-26/h5-17,21,27H,18-20H2,1-4H3,(H,31,35)/t27-/m0/s1. The molecule has 0 saturated heterocycles. The molecular weight excluding hydrogens is 505 g/mol. The van der Waals surface area contributed by atoms with E-state index in [1.165, 1.54) is 17.0 Å². The highest BCUT2D eigenvalue weighted by Gasteiger charge is 2.33. The molecule has 9 heteroatoms. The number of rotatable bonds is 11. The molecule has 0 aliphatic carbocycles. The lowest BCUT2D eigenvalue weighted by atomic mass is 10.0. The van der Waals surface area contributed by atoms with Gasteiger partial charge in [0.1, 0.15) is 18.4 Å². The molecule has 0 saturated carbocycles. The molecule has 0 aliphatic heterocycles. The van der Waals surface area contributed by atoms with Gasteiger partial charge < -0.3 is 10.2 Å². The van der Waals surface area contributed by atoms with Gasteiger partial charge in [-0.2, -0.15) is 0 Å². The second-order valence-electron chi connectivity index (χ2n) is 9.63. The third kappa shape index (κ3) is 8.14. The highest BCUT2D eigenvalue weighted by molar-refractivity contribution is 7.92. The van der Waals surface area contributed by atoms with Gasteiger partial charge in [0.05, 0.1) is 11.9 Å². The van der Waals surface area contributed by atoms with Crippen LogP contribution in [0.25, 0.3) is 0 Å². The number of amides is 2. The van der Waals surface area contributed by atoms with E-state index in [1.54, 1.807) is 0 Å². The Hall–Kier alpha value is -3.72. The Morgan fingerprint density at radius 3 is 2.13 bits per heavy atom. The van der Waals surface area contributed by atoms with Crippen molar-refractivity contribution in [2.24, 2.45) is 0 Å². The molecule has 7 nitrogen and oxygen atoms in total. The first kappa shape index (κ1) is 28.8. The van der Waals surface area contributed by atoms with Crippen molar-refractivity contribution in [2.45, 2.75) is 45.8 Å². The van der Waals surface area contributed by atoms with E-state index < -0.39 is 34.3 Å². The van der Waals surface area contributed by atoms with Crippen molar-refractivity contribution in [3.63, 3.8) is 0 Å². The zero-order valence-electron chi connectivity index (χ0n) is 22.1. The lowest BCUT2D eigenvalue weighted by Gasteiger charge is -2.34. The molecule has 0 radical (unpaired) electrons. The third-order valence-corrected chi connectivity index (χ3v) is 7.07. The summed E-state index contributed by atoms with van der Waals surface area (Å²) in [6.07, 6.45) is 1.23. The molecule has 0 aromatic heterocycles. The summed E-state index contributed by atoms with van der Waals surface area (Å²) in [7, 11) is -3.90. The smallest absolute Gasteiger partial charge is 0.244 e. The number of benzene rings is 3. The quantitative estimate of drug-likeness (QED) is 0.398. The van der Waals surface area contributed by atoms with Crippen LogP contribution in [0, 0.1) is 12.7 Å². The maximum atomic E-state index is 13.9. The average Bonchev–Trinajstić information content (AvgIpc) is 2.85. The molecule has 3 rings (SSSR count). The van der Waals surface area contributed by atoms with E-state index in [0.717, 1.165) is 39.4 Å². The van der Waals surface area contributed by atoms with Crippen LogP contribution in [-0.2, 0) is 32.6 Å². The number of aryl methyl sites for hydroxylation is 1. The molecule has 202 valence electrons. The fraction of sp³-hybridized carbons (Fsp3) is 0.310. The zero-order chi connectivity index (χ0) is 27.9. The molecule has 0 aliphatic rings. The van der Waals surface area contributed by atoms with Gasteiger partial charge in [-0.15, -0.1) is 0 Å². The summed E-state index contributed by atoms with van der Waals surface area (Å²) >= 11 is 0. The lowest BCUT2D eigenvalue weighted by molar-refractivity contribution is -0.140. The minimum atomic E-state index is -3.90. The number of anilines is 1. The predicted molar refractivity (Wildman–Crippen MR) is 148 cm³/mol. The first-order valence-electron chi connectivity index (χ1n) is 12.4. The summed E-state index contributed by atoms with van der Waals surface area (Å²) in [5.74, 6) is -1.42. The van der Waals surface area contributed by atoms with Gasteiger partial charge in [-0.05, 0) is 56.2 Å². The lowest BCUT2D eigenvalue weighted by Crippen LogP contribution is -2.54. The zero-order valence-corrected chi connectivity index (χ0v) is 22.9. The second-order valence-corrected chi connectivity index (χ2v) is 11.5. The van der Waals surface area contributed by atoms with Crippen LogP contribution in [0.4, 0.5) is 10.1 Å². The van der Waals surface area contributed by atoms with Gasteiger partial charge in [-0.1, -0.05) is 60.2 Å². The summed E-state index contributed by atoms with van der Waals surface area (Å²) < 4.78 is 39.9. The van der Waals surface area contributed by atoms with Gasteiger partial charge in [-0.3, -0.25) is 13.9 Å². The van der Waals surface area contributed by atoms with E-state index in [2.05, 4.69) is 5.32 Å². The van der Waals surface area contributed by atoms with E-state index in [1.807, 2.05) is 75.4 Å². The van der Waals surface area contributed by atoms with Crippen molar-refractivity contribution in [1.29, 1.82) is 0 Å². The largest absolute Gasteiger partial charge is 0.352 e. The number of hydrogen-bond acceptors (Lipinski definition) is 4. The Bertz CT molecular complexity index is 1350. The van der Waals surface area contributed by atoms with Crippen LogP contribution in [0.3, 0.4) is 0 Å². The maximum Gasteiger partial charge on any atom is 0.244 e. The Morgan fingerprint density at radius 1 is 0.921 bits per heavy atom. The van der Waals surface area contributed by atoms with Crippen LogP contribution >= 0.6 is 0 Å². The van der Waals surface area contributed by atoms with Gasteiger partial charge in [0.25, 0.3) is 0 Å². The molecule has 1 atom stereocenters. The van der Waals surface area contributed by atoms with Crippen molar-refractivity contribution in [2.75, 3.05) is 17.1 Å². The number of nitrogens with zero attached hydrogens (tertiary/aromatic N) is 2. The van der Waals surface area contributed by atoms with Crippen LogP contribution in [-0.4, -0.2) is 50.0 Å². The second kappa shape index (κ2) is 12.7. The molecule has 0 bridgehead atoms. The summed E-state index contributed by atoms with van der Waals surface area (Å²) in [5.41, 5.74) is 2.81. The monoisotopic (exact) mass is 539 g/mol. The van der Waals surface area contributed by atoms with Crippen LogP contribution < -0.4 is 9.62 Å². The molecule has 0 fully saturated rings. The van der Waals surface area contributed by atoms with E-state index in [4.69, 9.17) is 0 Å². The first-order valence-corrected chi connectivity index (χ1v) is 14.2. The maximum absolute atomic E-state index is 13.9. The summed E-state index contributed by atoms with van der Waals surface area (Å²) in [4.78, 5) is 28.8. The average molecular weight is 540 g/mol. The van der Waals surface area contributed by atoms with Crippen molar-refractivity contribution in [3.8, 4) is 0 Å². The fourth-order valence-electron chi connectivity index (χ4n) is 4.16. The topological polar surface area (TPSA) is 86.8 Å². The Balaban J connectivity index is 2.05. The molecular formula is C29H34FN3O4S. The Morgan fingerprint density at radius 2 is 1.55 bits per heavy atom. The van der Waals surface area contributed by atoms with Crippen molar-refractivity contribution < 1.29 is 22.4 Å². The van der Waals surface area contributed by atoms with Crippen molar-refractivity contribution >= 4 is 27.5 Å². The SMILES string of the molecule is Cc1cccc(CN(C(=O)CN(c2ccc(F)cc2)S(C)(=O)=O)[C@@H](Cc2ccccc2)C(=O)NC(C)C)c1. The number of carbonyl (C=O) groups excluding carboxylic acids is 2. The van der Waals surface area contributed by atoms with Gasteiger partial charge in [0.2, 0.25) is 21.8 Å². The van der Waals surface area contributed by atoms with Crippen LogP contribution in [0.1, 0.15) is 30.5 Å². The van der Waals surface area contributed by atoms with Crippen LogP contribution in [0.15, 0.2) is 78.9 Å². The summed E-state index contributed by atoms with van der Waals surface area (Å²) in [5, 5.41) is 2.91. The van der Waals surface area contributed by atoms with Gasteiger partial charge in [0, 0.05) is 19.0 Å². The first-order chi connectivity index (χ1) is 17.9. The summed E-state index contributed by atoms with van der Waals surface area (Å²) in [6.45, 7) is 5.16. The number of nitrogens with one attached hydrogen (secondary N) is 1. The number of carbonyl (C=O) groups is 2. The van der Waals surface area contributed by atoms with Crippen LogP contribution in [0.5, 0.6) is 0 Å².